The van der Waals surface area contributed by atoms with E-state index in [0.29, 0.717) is 12.0 Å². The van der Waals surface area contributed by atoms with Crippen molar-refractivity contribution < 1.29 is 9.53 Å². The Morgan fingerprint density at radius 3 is 2.72 bits per heavy atom. The molecule has 7 nitrogen and oxygen atoms in total. The first-order valence-corrected chi connectivity index (χ1v) is 11.1. The average Bonchev–Trinajstić information content (AvgIpc) is 3.39. The van der Waals surface area contributed by atoms with E-state index in [9.17, 15) is 4.79 Å². The maximum atomic E-state index is 11.9. The van der Waals surface area contributed by atoms with Crippen LogP contribution in [0, 0.1) is 0 Å². The fourth-order valence-corrected chi connectivity index (χ4v) is 3.99. The molecule has 2 heterocycles. The summed E-state index contributed by atoms with van der Waals surface area (Å²) in [5.41, 5.74) is 0. The number of nitrogens with one attached hydrogen (secondary N) is 2. The summed E-state index contributed by atoms with van der Waals surface area (Å²) in [5, 5.41) is 8.93. The van der Waals surface area contributed by atoms with Crippen molar-refractivity contribution in [3.63, 3.8) is 0 Å². The minimum atomic E-state index is -0.00948. The fraction of sp³-hybridized carbons (Fsp3) is 0.700. The number of carbonyl (C=O) groups excluding carboxylic acids is 1. The fourth-order valence-electron chi connectivity index (χ4n) is 3.12. The third kappa shape index (κ3) is 9.63. The number of halogens is 1. The lowest BCUT2D eigenvalue weighted by atomic mass is 10.2. The van der Waals surface area contributed by atoms with Gasteiger partial charge in [-0.15, -0.1) is 35.3 Å². The number of nitrogens with zero attached hydrogens (tertiary/aromatic N) is 3. The minimum absolute atomic E-state index is 0. The molecule has 0 spiro atoms. The van der Waals surface area contributed by atoms with Crippen LogP contribution in [0.3, 0.4) is 0 Å². The predicted molar refractivity (Wildman–Crippen MR) is 131 cm³/mol. The summed E-state index contributed by atoms with van der Waals surface area (Å²) in [6.45, 7) is 7.39. The van der Waals surface area contributed by atoms with Crippen LogP contribution in [0.1, 0.15) is 37.1 Å². The van der Waals surface area contributed by atoms with Gasteiger partial charge in [-0.25, -0.2) is 4.99 Å². The van der Waals surface area contributed by atoms with Crippen molar-refractivity contribution in [2.24, 2.45) is 4.99 Å². The van der Waals surface area contributed by atoms with Gasteiger partial charge in [0.05, 0.1) is 6.04 Å². The molecular formula is C20H36IN5O2S. The molecule has 1 saturated heterocycles. The Hall–Kier alpha value is -0.910. The molecule has 9 heteroatoms. The Labute approximate surface area is 196 Å². The van der Waals surface area contributed by atoms with Crippen molar-refractivity contribution in [1.82, 2.24) is 20.4 Å². The van der Waals surface area contributed by atoms with Crippen molar-refractivity contribution in [3.8, 4) is 0 Å². The molecule has 0 bridgehead atoms. The molecular weight excluding hydrogens is 501 g/mol. The van der Waals surface area contributed by atoms with Crippen molar-refractivity contribution in [2.45, 2.75) is 32.2 Å². The number of hydrogen-bond acceptors (Lipinski definition) is 5. The van der Waals surface area contributed by atoms with E-state index in [4.69, 9.17) is 4.74 Å². The minimum Gasteiger partial charge on any atom is -0.382 e. The van der Waals surface area contributed by atoms with Crippen LogP contribution in [0.2, 0.25) is 0 Å². The summed E-state index contributed by atoms with van der Waals surface area (Å²) in [6.07, 6.45) is 3.42. The SMILES string of the molecule is CCOCCCNC(=NCC(=O)N(C)C)NCC(c1cccs1)N1CCCC1.I. The number of thiophene rings is 1. The molecule has 1 amide bonds. The maximum Gasteiger partial charge on any atom is 0.243 e. The molecule has 2 rings (SSSR count). The van der Waals surface area contributed by atoms with Crippen LogP contribution in [0.4, 0.5) is 0 Å². The smallest absolute Gasteiger partial charge is 0.243 e. The van der Waals surface area contributed by atoms with Gasteiger partial charge in [0.2, 0.25) is 5.91 Å². The van der Waals surface area contributed by atoms with E-state index >= 15 is 0 Å². The van der Waals surface area contributed by atoms with Gasteiger partial charge in [0, 0.05) is 45.3 Å². The molecule has 1 aromatic heterocycles. The molecule has 166 valence electrons. The van der Waals surface area contributed by atoms with Crippen LogP contribution >= 0.6 is 35.3 Å². The Balaban J connectivity index is 0.00000420. The highest BCUT2D eigenvalue weighted by molar-refractivity contribution is 14.0. The summed E-state index contributed by atoms with van der Waals surface area (Å²) < 4.78 is 5.39. The molecule has 1 unspecified atom stereocenters. The first kappa shape index (κ1) is 26.1. The highest BCUT2D eigenvalue weighted by atomic mass is 127. The standard InChI is InChI=1S/C20H35N5O2S.HI/c1-4-27-13-8-10-21-20(23-16-19(26)24(2)3)22-15-17(18-9-7-14-28-18)25-11-5-6-12-25;/h7,9,14,17H,4-6,8,10-13,15-16H2,1-3H3,(H2,21,22,23);1H. The van der Waals surface area contributed by atoms with E-state index in [-0.39, 0.29) is 36.4 Å². The van der Waals surface area contributed by atoms with E-state index in [1.165, 1.54) is 17.7 Å². The summed E-state index contributed by atoms with van der Waals surface area (Å²) in [4.78, 5) is 21.9. The van der Waals surface area contributed by atoms with Gasteiger partial charge in [-0.3, -0.25) is 9.69 Å². The first-order chi connectivity index (χ1) is 13.6. The Kier molecular flexibility index (Phi) is 13.5. The molecule has 1 atom stereocenters. The third-order valence-corrected chi connectivity index (χ3v) is 5.72. The molecule has 1 fully saturated rings. The number of hydrogen-bond donors (Lipinski definition) is 2. The molecule has 0 radical (unpaired) electrons. The highest BCUT2D eigenvalue weighted by Gasteiger charge is 2.24. The van der Waals surface area contributed by atoms with Crippen LogP contribution in [0.5, 0.6) is 0 Å². The average molecular weight is 538 g/mol. The molecule has 0 saturated carbocycles. The molecule has 2 N–H and O–H groups in total. The molecule has 1 aliphatic heterocycles. The molecule has 1 aromatic rings. The van der Waals surface area contributed by atoms with Crippen molar-refractivity contribution in [3.05, 3.63) is 22.4 Å². The third-order valence-electron chi connectivity index (χ3n) is 4.75. The van der Waals surface area contributed by atoms with Crippen LogP contribution in [-0.2, 0) is 9.53 Å². The van der Waals surface area contributed by atoms with E-state index in [1.54, 1.807) is 30.3 Å². The second-order valence-corrected chi connectivity index (χ2v) is 8.06. The normalized spacial score (nSPS) is 15.6. The Morgan fingerprint density at radius 2 is 2.10 bits per heavy atom. The number of likely N-dealkylation sites (tertiary alicyclic amines) is 1. The lowest BCUT2D eigenvalue weighted by Crippen LogP contribution is -2.43. The predicted octanol–water partition coefficient (Wildman–Crippen LogP) is 2.55. The summed E-state index contributed by atoms with van der Waals surface area (Å²) in [6, 6.07) is 4.65. The molecule has 29 heavy (non-hydrogen) atoms. The topological polar surface area (TPSA) is 69.2 Å². The zero-order valence-corrected chi connectivity index (χ0v) is 21.0. The molecule has 1 aliphatic rings. The Bertz CT molecular complexity index is 592. The number of carbonyl (C=O) groups is 1. The monoisotopic (exact) mass is 537 g/mol. The Morgan fingerprint density at radius 1 is 1.34 bits per heavy atom. The van der Waals surface area contributed by atoms with E-state index in [1.807, 2.05) is 6.92 Å². The van der Waals surface area contributed by atoms with Gasteiger partial charge in [-0.2, -0.15) is 0 Å². The molecule has 0 aliphatic carbocycles. The number of likely N-dealkylation sites (N-methyl/N-ethyl adjacent to an activating group) is 1. The van der Waals surface area contributed by atoms with Crippen LogP contribution in [0.15, 0.2) is 22.5 Å². The summed E-state index contributed by atoms with van der Waals surface area (Å²) >= 11 is 1.80. The van der Waals surface area contributed by atoms with Gasteiger partial charge < -0.3 is 20.3 Å². The lowest BCUT2D eigenvalue weighted by molar-refractivity contribution is -0.127. The van der Waals surface area contributed by atoms with Crippen molar-refractivity contribution in [1.29, 1.82) is 0 Å². The van der Waals surface area contributed by atoms with Gasteiger partial charge in [0.25, 0.3) is 0 Å². The van der Waals surface area contributed by atoms with Gasteiger partial charge in [0.1, 0.15) is 6.54 Å². The maximum absolute atomic E-state index is 11.9. The summed E-state index contributed by atoms with van der Waals surface area (Å²) in [7, 11) is 3.50. The lowest BCUT2D eigenvalue weighted by Gasteiger charge is -2.27. The zero-order chi connectivity index (χ0) is 20.2. The quantitative estimate of drug-likeness (QED) is 0.197. The zero-order valence-electron chi connectivity index (χ0n) is 17.9. The van der Waals surface area contributed by atoms with Crippen LogP contribution in [0.25, 0.3) is 0 Å². The van der Waals surface area contributed by atoms with Gasteiger partial charge in [-0.1, -0.05) is 6.07 Å². The van der Waals surface area contributed by atoms with E-state index < -0.39 is 0 Å². The number of rotatable bonds is 11. The first-order valence-electron chi connectivity index (χ1n) is 10.2. The molecule has 0 aromatic carbocycles. The summed E-state index contributed by atoms with van der Waals surface area (Å²) in [5.74, 6) is 0.678. The van der Waals surface area contributed by atoms with Crippen LogP contribution in [-0.4, -0.2) is 81.7 Å². The van der Waals surface area contributed by atoms with Gasteiger partial charge in [-0.05, 0) is 50.7 Å². The number of amides is 1. The largest absolute Gasteiger partial charge is 0.382 e. The number of guanidine groups is 1. The second-order valence-electron chi connectivity index (χ2n) is 7.09. The number of aliphatic imine (C=N–C) groups is 1. The highest BCUT2D eigenvalue weighted by Crippen LogP contribution is 2.27. The van der Waals surface area contributed by atoms with Crippen molar-refractivity contribution >= 4 is 47.2 Å². The second kappa shape index (κ2) is 15.0. The number of ether oxygens (including phenoxy) is 1. The van der Waals surface area contributed by atoms with Crippen LogP contribution < -0.4 is 10.6 Å². The van der Waals surface area contributed by atoms with E-state index in [0.717, 1.165) is 45.8 Å². The van der Waals surface area contributed by atoms with E-state index in [2.05, 4.69) is 38.0 Å². The van der Waals surface area contributed by atoms with Gasteiger partial charge in [0.15, 0.2) is 5.96 Å². The van der Waals surface area contributed by atoms with Gasteiger partial charge >= 0.3 is 0 Å². The van der Waals surface area contributed by atoms with Crippen molar-refractivity contribution in [2.75, 3.05) is 60.0 Å².